The van der Waals surface area contributed by atoms with Crippen LogP contribution in [0.2, 0.25) is 0 Å². The third kappa shape index (κ3) is 2.95. The summed E-state index contributed by atoms with van der Waals surface area (Å²) in [6, 6.07) is 1.61. The van der Waals surface area contributed by atoms with Crippen molar-refractivity contribution in [2.45, 2.75) is 18.1 Å². The summed E-state index contributed by atoms with van der Waals surface area (Å²) in [7, 11) is -0.0368. The fourth-order valence-electron chi connectivity index (χ4n) is 2.46. The van der Waals surface area contributed by atoms with Crippen molar-refractivity contribution in [2.75, 3.05) is 45.3 Å². The number of piperazine rings is 1. The smallest absolute Gasteiger partial charge is 0.232 e. The molecule has 1 aromatic heterocycles. The summed E-state index contributed by atoms with van der Waals surface area (Å²) in [5.74, 6) is 1.35. The fourth-order valence-corrected chi connectivity index (χ4v) is 4.29. The molecule has 3 rings (SSSR count). The molecule has 1 aliphatic carbocycles. The van der Waals surface area contributed by atoms with Crippen LogP contribution in [-0.2, 0) is 10.0 Å². The van der Waals surface area contributed by atoms with Gasteiger partial charge in [-0.3, -0.25) is 0 Å². The van der Waals surface area contributed by atoms with Gasteiger partial charge in [-0.1, -0.05) is 0 Å². The quantitative estimate of drug-likeness (QED) is 0.758. The summed E-state index contributed by atoms with van der Waals surface area (Å²) < 4.78 is 36.3. The molecule has 9 heteroatoms. The number of hydrogen-bond acceptors (Lipinski definition) is 7. The number of ether oxygens (including phenoxy) is 2. The Morgan fingerprint density at radius 3 is 2.05 bits per heavy atom. The first-order valence-electron chi connectivity index (χ1n) is 7.25. The van der Waals surface area contributed by atoms with Crippen LogP contribution in [0, 0.1) is 0 Å². The van der Waals surface area contributed by atoms with Gasteiger partial charge in [0.1, 0.15) is 0 Å². The van der Waals surface area contributed by atoms with E-state index in [0.29, 0.717) is 43.9 Å². The number of hydrogen-bond donors (Lipinski definition) is 0. The molecule has 0 bridgehead atoms. The molecule has 0 atom stereocenters. The largest absolute Gasteiger partial charge is 0.481 e. The van der Waals surface area contributed by atoms with Gasteiger partial charge in [0.15, 0.2) is 0 Å². The summed E-state index contributed by atoms with van der Waals surface area (Å²) in [4.78, 5) is 10.6. The van der Waals surface area contributed by atoms with Crippen LogP contribution in [0.15, 0.2) is 6.07 Å². The van der Waals surface area contributed by atoms with Gasteiger partial charge in [0.2, 0.25) is 27.7 Å². The molecule has 122 valence electrons. The predicted molar refractivity (Wildman–Crippen MR) is 80.9 cm³/mol. The van der Waals surface area contributed by atoms with Gasteiger partial charge in [0.25, 0.3) is 0 Å². The van der Waals surface area contributed by atoms with Crippen LogP contribution >= 0.6 is 0 Å². The van der Waals surface area contributed by atoms with Crippen molar-refractivity contribution in [2.24, 2.45) is 0 Å². The van der Waals surface area contributed by atoms with Crippen LogP contribution < -0.4 is 14.4 Å². The molecular weight excluding hydrogens is 308 g/mol. The van der Waals surface area contributed by atoms with Crippen LogP contribution in [0.4, 0.5) is 5.95 Å². The van der Waals surface area contributed by atoms with E-state index in [4.69, 9.17) is 9.47 Å². The van der Waals surface area contributed by atoms with Crippen LogP contribution in [-0.4, -0.2) is 68.3 Å². The lowest BCUT2D eigenvalue weighted by molar-refractivity contribution is 0.362. The number of anilines is 1. The van der Waals surface area contributed by atoms with Gasteiger partial charge in [-0.15, -0.1) is 0 Å². The monoisotopic (exact) mass is 328 g/mol. The minimum Gasteiger partial charge on any atom is -0.481 e. The average Bonchev–Trinajstić information content (AvgIpc) is 3.40. The van der Waals surface area contributed by atoms with E-state index >= 15 is 0 Å². The first-order valence-corrected chi connectivity index (χ1v) is 8.76. The first kappa shape index (κ1) is 15.3. The summed E-state index contributed by atoms with van der Waals surface area (Å²) in [6.45, 7) is 2.04. The van der Waals surface area contributed by atoms with E-state index in [1.54, 1.807) is 10.4 Å². The van der Waals surface area contributed by atoms with Crippen LogP contribution in [0.1, 0.15) is 12.8 Å². The molecule has 0 amide bonds. The van der Waals surface area contributed by atoms with Gasteiger partial charge < -0.3 is 14.4 Å². The maximum Gasteiger partial charge on any atom is 0.232 e. The lowest BCUT2D eigenvalue weighted by Crippen LogP contribution is -2.50. The second kappa shape index (κ2) is 5.88. The highest BCUT2D eigenvalue weighted by molar-refractivity contribution is 7.90. The van der Waals surface area contributed by atoms with Gasteiger partial charge in [0, 0.05) is 26.2 Å². The summed E-state index contributed by atoms with van der Waals surface area (Å²) in [5, 5.41) is -0.160. The molecule has 0 unspecified atom stereocenters. The topological polar surface area (TPSA) is 84.9 Å². The van der Waals surface area contributed by atoms with E-state index in [1.807, 2.05) is 4.90 Å². The first-order chi connectivity index (χ1) is 10.5. The lowest BCUT2D eigenvalue weighted by Gasteiger charge is -2.34. The van der Waals surface area contributed by atoms with E-state index in [-0.39, 0.29) is 5.25 Å². The van der Waals surface area contributed by atoms with Crippen LogP contribution in [0.5, 0.6) is 11.8 Å². The molecule has 1 aromatic rings. The van der Waals surface area contributed by atoms with E-state index in [2.05, 4.69) is 9.97 Å². The van der Waals surface area contributed by atoms with Crippen molar-refractivity contribution >= 4 is 16.0 Å². The standard InChI is InChI=1S/C13H20N4O4S/c1-20-11-9-12(21-2)15-13(14-11)16-5-7-17(8-6-16)22(18,19)10-3-4-10/h9-10H,3-8H2,1-2H3. The number of rotatable bonds is 5. The molecule has 0 N–H and O–H groups in total. The van der Waals surface area contributed by atoms with E-state index in [9.17, 15) is 8.42 Å². The third-order valence-electron chi connectivity index (χ3n) is 3.91. The predicted octanol–water partition coefficient (Wildman–Crippen LogP) is 0.108. The molecule has 8 nitrogen and oxygen atoms in total. The molecule has 1 saturated carbocycles. The van der Waals surface area contributed by atoms with Crippen molar-refractivity contribution in [1.29, 1.82) is 0 Å². The van der Waals surface area contributed by atoms with Crippen molar-refractivity contribution in [1.82, 2.24) is 14.3 Å². The highest BCUT2D eigenvalue weighted by Crippen LogP contribution is 2.31. The van der Waals surface area contributed by atoms with Gasteiger partial charge >= 0.3 is 0 Å². The normalized spacial score (nSPS) is 20.0. The summed E-state index contributed by atoms with van der Waals surface area (Å²) >= 11 is 0. The molecule has 0 aromatic carbocycles. The Labute approximate surface area is 130 Å². The highest BCUT2D eigenvalue weighted by atomic mass is 32.2. The zero-order valence-electron chi connectivity index (χ0n) is 12.7. The number of methoxy groups -OCH3 is 2. The minimum atomic E-state index is -3.10. The van der Waals surface area contributed by atoms with Crippen molar-refractivity contribution in [3.63, 3.8) is 0 Å². The maximum absolute atomic E-state index is 12.2. The Bertz CT molecular complexity index is 617. The van der Waals surface area contributed by atoms with E-state index in [1.165, 1.54) is 14.2 Å². The molecule has 0 radical (unpaired) electrons. The Hall–Kier alpha value is -1.61. The Kier molecular flexibility index (Phi) is 4.09. The number of nitrogens with zero attached hydrogens (tertiary/aromatic N) is 4. The second-order valence-electron chi connectivity index (χ2n) is 5.38. The van der Waals surface area contributed by atoms with Crippen molar-refractivity contribution < 1.29 is 17.9 Å². The molecule has 2 aliphatic rings. The Morgan fingerprint density at radius 2 is 1.59 bits per heavy atom. The average molecular weight is 328 g/mol. The Balaban J connectivity index is 1.71. The number of sulfonamides is 1. The second-order valence-corrected chi connectivity index (χ2v) is 7.60. The molecule has 1 saturated heterocycles. The summed E-state index contributed by atoms with van der Waals surface area (Å²) in [6.07, 6.45) is 1.58. The van der Waals surface area contributed by atoms with Crippen LogP contribution in [0.25, 0.3) is 0 Å². The molecule has 22 heavy (non-hydrogen) atoms. The van der Waals surface area contributed by atoms with E-state index < -0.39 is 10.0 Å². The zero-order chi connectivity index (χ0) is 15.7. The fraction of sp³-hybridized carbons (Fsp3) is 0.692. The SMILES string of the molecule is COc1cc(OC)nc(N2CCN(S(=O)(=O)C3CC3)CC2)n1. The lowest BCUT2D eigenvalue weighted by atomic mass is 10.4. The van der Waals surface area contributed by atoms with Gasteiger partial charge in [-0.2, -0.15) is 14.3 Å². The van der Waals surface area contributed by atoms with Crippen molar-refractivity contribution in [3.8, 4) is 11.8 Å². The third-order valence-corrected chi connectivity index (χ3v) is 6.31. The summed E-state index contributed by atoms with van der Waals surface area (Å²) in [5.41, 5.74) is 0. The van der Waals surface area contributed by atoms with E-state index in [0.717, 1.165) is 12.8 Å². The molecule has 2 heterocycles. The molecule has 2 fully saturated rings. The zero-order valence-corrected chi connectivity index (χ0v) is 13.5. The molecule has 0 spiro atoms. The Morgan fingerprint density at radius 1 is 1.05 bits per heavy atom. The minimum absolute atomic E-state index is 0.160. The number of aromatic nitrogens is 2. The highest BCUT2D eigenvalue weighted by Gasteiger charge is 2.41. The van der Waals surface area contributed by atoms with Crippen LogP contribution in [0.3, 0.4) is 0 Å². The molecule has 1 aliphatic heterocycles. The maximum atomic E-state index is 12.2. The van der Waals surface area contributed by atoms with Gasteiger partial charge in [0.05, 0.1) is 25.5 Å². The van der Waals surface area contributed by atoms with Gasteiger partial charge in [-0.25, -0.2) is 8.42 Å². The van der Waals surface area contributed by atoms with Crippen molar-refractivity contribution in [3.05, 3.63) is 6.07 Å². The molecular formula is C13H20N4O4S. The van der Waals surface area contributed by atoms with Gasteiger partial charge in [-0.05, 0) is 12.8 Å².